The normalized spacial score (nSPS) is 16.1. The van der Waals surface area contributed by atoms with Crippen molar-refractivity contribution in [2.45, 2.75) is 45.1 Å². The number of nitrogens with zero attached hydrogens (tertiary/aromatic N) is 5. The first-order valence-electron chi connectivity index (χ1n) is 11.0. The molecule has 0 amide bonds. The Balaban J connectivity index is 1.41. The van der Waals surface area contributed by atoms with Crippen molar-refractivity contribution in [2.75, 3.05) is 13.7 Å². The molecule has 10 nitrogen and oxygen atoms in total. The number of methoxy groups -OCH3 is 1. The Morgan fingerprint density at radius 2 is 2.18 bits per heavy atom. The van der Waals surface area contributed by atoms with Crippen molar-refractivity contribution in [1.82, 2.24) is 30.1 Å². The molecule has 172 valence electrons. The maximum atomic E-state index is 12.8. The van der Waals surface area contributed by atoms with Gasteiger partial charge in [-0.15, -0.1) is 5.10 Å². The Morgan fingerprint density at radius 3 is 2.97 bits per heavy atom. The van der Waals surface area contributed by atoms with Crippen LogP contribution in [0.25, 0.3) is 10.9 Å². The SMILES string of the molecule is COc1ccc2[nH]c(=O)c(CN(Cc3ccco3)Cc3nnnn3CC3CCCO3)cc2c1. The second kappa shape index (κ2) is 9.55. The summed E-state index contributed by atoms with van der Waals surface area (Å²) in [6.45, 7) is 2.76. The fourth-order valence-corrected chi connectivity index (χ4v) is 4.17. The van der Waals surface area contributed by atoms with E-state index in [1.54, 1.807) is 18.1 Å². The molecule has 1 N–H and O–H groups in total. The highest BCUT2D eigenvalue weighted by molar-refractivity contribution is 5.80. The second-order valence-corrected chi connectivity index (χ2v) is 8.21. The third-order valence-electron chi connectivity index (χ3n) is 5.85. The van der Waals surface area contributed by atoms with E-state index in [4.69, 9.17) is 13.9 Å². The molecule has 1 fully saturated rings. The summed E-state index contributed by atoms with van der Waals surface area (Å²) >= 11 is 0. The fourth-order valence-electron chi connectivity index (χ4n) is 4.17. The third-order valence-corrected chi connectivity index (χ3v) is 5.85. The van der Waals surface area contributed by atoms with Crippen LogP contribution in [0.1, 0.15) is 30.0 Å². The lowest BCUT2D eigenvalue weighted by molar-refractivity contribution is 0.0913. The van der Waals surface area contributed by atoms with Gasteiger partial charge in [0.2, 0.25) is 0 Å². The molecule has 1 aromatic carbocycles. The topological polar surface area (TPSA) is 111 Å². The van der Waals surface area contributed by atoms with E-state index in [0.29, 0.717) is 31.7 Å². The van der Waals surface area contributed by atoms with Crippen LogP contribution in [0.4, 0.5) is 0 Å². The van der Waals surface area contributed by atoms with Crippen LogP contribution >= 0.6 is 0 Å². The number of furan rings is 1. The highest BCUT2D eigenvalue weighted by Gasteiger charge is 2.21. The Morgan fingerprint density at radius 1 is 1.24 bits per heavy atom. The van der Waals surface area contributed by atoms with Gasteiger partial charge in [0.1, 0.15) is 11.5 Å². The van der Waals surface area contributed by atoms with Crippen LogP contribution in [0, 0.1) is 0 Å². The van der Waals surface area contributed by atoms with E-state index in [1.807, 2.05) is 36.4 Å². The van der Waals surface area contributed by atoms with Crippen LogP contribution in [0.3, 0.4) is 0 Å². The Kier molecular flexibility index (Phi) is 6.18. The first-order chi connectivity index (χ1) is 16.2. The van der Waals surface area contributed by atoms with Crippen LogP contribution in [0.5, 0.6) is 5.75 Å². The van der Waals surface area contributed by atoms with E-state index in [9.17, 15) is 4.79 Å². The van der Waals surface area contributed by atoms with Crippen molar-refractivity contribution in [3.63, 3.8) is 0 Å². The smallest absolute Gasteiger partial charge is 0.252 e. The van der Waals surface area contributed by atoms with Gasteiger partial charge in [0.15, 0.2) is 5.82 Å². The summed E-state index contributed by atoms with van der Waals surface area (Å²) in [5.41, 5.74) is 1.28. The van der Waals surface area contributed by atoms with Gasteiger partial charge in [0.25, 0.3) is 5.56 Å². The molecular formula is C23H26N6O4. The number of tetrazole rings is 1. The van der Waals surface area contributed by atoms with E-state index < -0.39 is 0 Å². The molecule has 0 saturated carbocycles. The average molecular weight is 450 g/mol. The number of pyridine rings is 1. The molecule has 10 heteroatoms. The van der Waals surface area contributed by atoms with Gasteiger partial charge in [0.05, 0.1) is 39.1 Å². The number of aromatic nitrogens is 5. The highest BCUT2D eigenvalue weighted by Crippen LogP contribution is 2.20. The summed E-state index contributed by atoms with van der Waals surface area (Å²) in [5, 5.41) is 13.2. The number of benzene rings is 1. The summed E-state index contributed by atoms with van der Waals surface area (Å²) in [6.07, 6.45) is 3.83. The molecule has 4 aromatic rings. The standard InChI is InChI=1S/C23H26N6O4/c1-31-18-6-7-21-16(11-18)10-17(23(30)24-21)12-28(13-19-4-2-8-32-19)15-22-25-26-27-29(22)14-20-5-3-9-33-20/h2,4,6-8,10-11,20H,3,5,9,12-15H2,1H3,(H,24,30). The van der Waals surface area contributed by atoms with Crippen LogP contribution in [-0.4, -0.2) is 49.9 Å². The number of hydrogen-bond donors (Lipinski definition) is 1. The molecule has 4 heterocycles. The maximum Gasteiger partial charge on any atom is 0.252 e. The van der Waals surface area contributed by atoms with Gasteiger partial charge in [-0.3, -0.25) is 9.69 Å². The van der Waals surface area contributed by atoms with E-state index in [1.165, 1.54) is 0 Å². The van der Waals surface area contributed by atoms with Gasteiger partial charge in [-0.25, -0.2) is 4.68 Å². The Bertz CT molecular complexity index is 1260. The minimum absolute atomic E-state index is 0.129. The molecule has 0 bridgehead atoms. The van der Waals surface area contributed by atoms with Crippen molar-refractivity contribution in [3.8, 4) is 5.75 Å². The summed E-state index contributed by atoms with van der Waals surface area (Å²) in [4.78, 5) is 17.9. The molecule has 1 atom stereocenters. The second-order valence-electron chi connectivity index (χ2n) is 8.21. The lowest BCUT2D eigenvalue weighted by Crippen LogP contribution is -2.28. The molecular weight excluding hydrogens is 424 g/mol. The quantitative estimate of drug-likeness (QED) is 0.414. The van der Waals surface area contributed by atoms with Crippen molar-refractivity contribution in [3.05, 3.63) is 70.2 Å². The molecule has 3 aromatic heterocycles. The third kappa shape index (κ3) is 4.96. The summed E-state index contributed by atoms with van der Waals surface area (Å²) in [7, 11) is 1.62. The monoisotopic (exact) mass is 450 g/mol. The molecule has 0 spiro atoms. The largest absolute Gasteiger partial charge is 0.497 e. The van der Waals surface area contributed by atoms with E-state index in [0.717, 1.165) is 47.7 Å². The van der Waals surface area contributed by atoms with Gasteiger partial charge in [0, 0.05) is 29.6 Å². The highest BCUT2D eigenvalue weighted by atomic mass is 16.5. The molecule has 33 heavy (non-hydrogen) atoms. The van der Waals surface area contributed by atoms with Crippen LogP contribution < -0.4 is 10.3 Å². The summed E-state index contributed by atoms with van der Waals surface area (Å²) in [5.74, 6) is 2.25. The molecule has 1 aliphatic rings. The van der Waals surface area contributed by atoms with Gasteiger partial charge in [-0.05, 0) is 59.7 Å². The number of nitrogens with one attached hydrogen (secondary N) is 1. The van der Waals surface area contributed by atoms with Crippen molar-refractivity contribution in [2.24, 2.45) is 0 Å². The average Bonchev–Trinajstić information content (AvgIpc) is 3.59. The number of H-pyrrole nitrogens is 1. The van der Waals surface area contributed by atoms with Crippen LogP contribution in [-0.2, 0) is 30.9 Å². The maximum absolute atomic E-state index is 12.8. The first-order valence-corrected chi connectivity index (χ1v) is 11.0. The Labute approximate surface area is 190 Å². The molecule has 1 aliphatic heterocycles. The molecule has 5 rings (SSSR count). The minimum Gasteiger partial charge on any atom is -0.497 e. The predicted octanol–water partition coefficient (Wildman–Crippen LogP) is 2.50. The zero-order valence-electron chi connectivity index (χ0n) is 18.4. The van der Waals surface area contributed by atoms with E-state index in [2.05, 4.69) is 25.4 Å². The lowest BCUT2D eigenvalue weighted by atomic mass is 10.1. The summed E-state index contributed by atoms with van der Waals surface area (Å²) in [6, 6.07) is 11.3. The molecule has 0 aliphatic carbocycles. The predicted molar refractivity (Wildman–Crippen MR) is 120 cm³/mol. The summed E-state index contributed by atoms with van der Waals surface area (Å²) < 4.78 is 18.4. The number of fused-ring (bicyclic) bond motifs is 1. The van der Waals surface area contributed by atoms with Gasteiger partial charge >= 0.3 is 0 Å². The fraction of sp³-hybridized carbons (Fsp3) is 0.391. The van der Waals surface area contributed by atoms with Crippen LogP contribution in [0.15, 0.2) is 51.9 Å². The van der Waals surface area contributed by atoms with Gasteiger partial charge < -0.3 is 18.9 Å². The van der Waals surface area contributed by atoms with Crippen molar-refractivity contribution < 1.29 is 13.9 Å². The number of rotatable bonds is 9. The van der Waals surface area contributed by atoms with Crippen molar-refractivity contribution >= 4 is 10.9 Å². The molecule has 1 unspecified atom stereocenters. The van der Waals surface area contributed by atoms with E-state index in [-0.39, 0.29) is 11.7 Å². The first kappa shape index (κ1) is 21.4. The molecule has 0 radical (unpaired) electrons. The lowest BCUT2D eigenvalue weighted by Gasteiger charge is -2.21. The number of hydrogen-bond acceptors (Lipinski definition) is 8. The van der Waals surface area contributed by atoms with E-state index >= 15 is 0 Å². The number of aromatic amines is 1. The zero-order valence-corrected chi connectivity index (χ0v) is 18.4. The van der Waals surface area contributed by atoms with Gasteiger partial charge in [-0.1, -0.05) is 0 Å². The zero-order chi connectivity index (χ0) is 22.6. The minimum atomic E-state index is -0.129. The molecule has 1 saturated heterocycles. The van der Waals surface area contributed by atoms with Crippen LogP contribution in [0.2, 0.25) is 0 Å². The Hall–Kier alpha value is -3.50. The van der Waals surface area contributed by atoms with Gasteiger partial charge in [-0.2, -0.15) is 0 Å². The van der Waals surface area contributed by atoms with Crippen molar-refractivity contribution in [1.29, 1.82) is 0 Å². The number of ether oxygens (including phenoxy) is 2.